The Morgan fingerprint density at radius 3 is 2.45 bits per heavy atom. The number of unbranched alkanes of at least 4 members (excludes halogenated alkanes) is 2. The number of nitrogens with zero attached hydrogens (tertiary/aromatic N) is 2. The van der Waals surface area contributed by atoms with E-state index in [1.165, 1.54) is 6.92 Å². The summed E-state index contributed by atoms with van der Waals surface area (Å²) in [5, 5.41) is 2.08. The van der Waals surface area contributed by atoms with Gasteiger partial charge >= 0.3 is 23.7 Å². The Morgan fingerprint density at radius 2 is 1.84 bits per heavy atom. The van der Waals surface area contributed by atoms with Crippen LogP contribution in [-0.4, -0.2) is 52.5 Å². The lowest BCUT2D eigenvalue weighted by molar-refractivity contribution is -0.165. The van der Waals surface area contributed by atoms with Crippen molar-refractivity contribution in [3.05, 3.63) is 22.5 Å². The summed E-state index contributed by atoms with van der Waals surface area (Å²) in [5.41, 5.74) is -0.986. The number of carbonyl (C=O) groups is 3. The quantitative estimate of drug-likeness (QED) is 0.363. The summed E-state index contributed by atoms with van der Waals surface area (Å²) >= 11 is 0. The van der Waals surface area contributed by atoms with Gasteiger partial charge in [-0.25, -0.2) is 14.0 Å². The molecule has 4 atom stereocenters. The third kappa shape index (κ3) is 6.48. The first-order chi connectivity index (χ1) is 14.6. The van der Waals surface area contributed by atoms with E-state index < -0.39 is 59.9 Å². The highest BCUT2D eigenvalue weighted by Crippen LogP contribution is 2.33. The third-order valence-corrected chi connectivity index (χ3v) is 4.41. The molecule has 0 aromatic carbocycles. The van der Waals surface area contributed by atoms with Crippen molar-refractivity contribution in [3.63, 3.8) is 0 Å². The molecule has 172 valence electrons. The van der Waals surface area contributed by atoms with Crippen LogP contribution in [0.2, 0.25) is 0 Å². The first-order valence-electron chi connectivity index (χ1n) is 9.86. The van der Waals surface area contributed by atoms with Crippen molar-refractivity contribution in [2.75, 3.05) is 11.9 Å². The largest absolute Gasteiger partial charge is 0.456 e. The van der Waals surface area contributed by atoms with Gasteiger partial charge in [0.1, 0.15) is 0 Å². The van der Waals surface area contributed by atoms with E-state index in [0.717, 1.165) is 30.5 Å². The van der Waals surface area contributed by atoms with Crippen LogP contribution >= 0.6 is 0 Å². The first-order valence-corrected chi connectivity index (χ1v) is 9.86. The van der Waals surface area contributed by atoms with Gasteiger partial charge in [-0.2, -0.15) is 4.98 Å². The van der Waals surface area contributed by atoms with Crippen molar-refractivity contribution in [2.24, 2.45) is 0 Å². The van der Waals surface area contributed by atoms with Gasteiger partial charge in [0.25, 0.3) is 0 Å². The molecular weight excluding hydrogens is 417 g/mol. The number of carbonyl (C=O) groups excluding carboxylic acids is 3. The van der Waals surface area contributed by atoms with E-state index in [0.29, 0.717) is 6.42 Å². The zero-order valence-corrected chi connectivity index (χ0v) is 17.8. The fourth-order valence-electron chi connectivity index (χ4n) is 3.06. The number of halogens is 1. The van der Waals surface area contributed by atoms with E-state index in [1.807, 2.05) is 6.92 Å². The molecule has 1 aliphatic heterocycles. The maximum Gasteiger partial charge on any atom is 0.412 e. The van der Waals surface area contributed by atoms with Crippen LogP contribution in [0.1, 0.15) is 53.2 Å². The van der Waals surface area contributed by atoms with Crippen molar-refractivity contribution in [1.29, 1.82) is 0 Å². The number of esters is 2. The van der Waals surface area contributed by atoms with E-state index in [9.17, 15) is 23.6 Å². The molecule has 0 saturated carbocycles. The van der Waals surface area contributed by atoms with Crippen LogP contribution in [0.25, 0.3) is 0 Å². The van der Waals surface area contributed by atoms with Crippen LogP contribution in [0.4, 0.5) is 15.0 Å². The summed E-state index contributed by atoms with van der Waals surface area (Å²) in [5.74, 6) is -3.02. The monoisotopic (exact) mass is 443 g/mol. The van der Waals surface area contributed by atoms with Crippen LogP contribution in [0.15, 0.2) is 11.0 Å². The molecule has 1 N–H and O–H groups in total. The number of hydrogen-bond donors (Lipinski definition) is 1. The number of anilines is 1. The van der Waals surface area contributed by atoms with Crippen molar-refractivity contribution in [2.45, 2.75) is 71.5 Å². The summed E-state index contributed by atoms with van der Waals surface area (Å²) in [6.45, 7) is 5.98. The minimum Gasteiger partial charge on any atom is -0.456 e. The summed E-state index contributed by atoms with van der Waals surface area (Å²) in [4.78, 5) is 50.7. The zero-order chi connectivity index (χ0) is 23.1. The van der Waals surface area contributed by atoms with Crippen LogP contribution in [0.3, 0.4) is 0 Å². The predicted octanol–water partition coefficient (Wildman–Crippen LogP) is 1.90. The van der Waals surface area contributed by atoms with Gasteiger partial charge < -0.3 is 18.9 Å². The molecular formula is C19H26FN3O8. The minimum absolute atomic E-state index is 0.147. The van der Waals surface area contributed by atoms with Gasteiger partial charge in [-0.1, -0.05) is 19.8 Å². The van der Waals surface area contributed by atoms with Crippen LogP contribution in [0.5, 0.6) is 0 Å². The molecule has 0 radical (unpaired) electrons. The SMILES string of the molecule is CCCCCOC(=O)Nc1nc(=O)n([C@@H]2O[C@H](C)[C@H](OC(C)=O)[C@@H]2OC(C)=O)cc1F. The van der Waals surface area contributed by atoms with Crippen molar-refractivity contribution >= 4 is 23.8 Å². The third-order valence-electron chi connectivity index (χ3n) is 4.41. The highest BCUT2D eigenvalue weighted by molar-refractivity contribution is 5.83. The summed E-state index contributed by atoms with van der Waals surface area (Å²) in [7, 11) is 0. The Hall–Kier alpha value is -3.02. The second-order valence-corrected chi connectivity index (χ2v) is 6.98. The smallest absolute Gasteiger partial charge is 0.412 e. The fourth-order valence-corrected chi connectivity index (χ4v) is 3.06. The lowest BCUT2D eigenvalue weighted by atomic mass is 10.1. The number of hydrogen-bond acceptors (Lipinski definition) is 9. The summed E-state index contributed by atoms with van der Waals surface area (Å²) < 4.78 is 36.1. The predicted molar refractivity (Wildman–Crippen MR) is 104 cm³/mol. The molecule has 1 saturated heterocycles. The lowest BCUT2D eigenvalue weighted by Crippen LogP contribution is -2.40. The number of rotatable bonds is 8. The van der Waals surface area contributed by atoms with E-state index >= 15 is 0 Å². The molecule has 0 bridgehead atoms. The summed E-state index contributed by atoms with van der Waals surface area (Å²) in [6, 6.07) is 0. The van der Waals surface area contributed by atoms with Crippen LogP contribution in [0, 0.1) is 5.82 Å². The maximum atomic E-state index is 14.5. The molecule has 1 aliphatic rings. The Kier molecular flexibility index (Phi) is 8.48. The molecule has 1 aromatic heterocycles. The van der Waals surface area contributed by atoms with Crippen molar-refractivity contribution in [1.82, 2.24) is 9.55 Å². The molecule has 2 rings (SSSR count). The Labute approximate surface area is 177 Å². The van der Waals surface area contributed by atoms with Crippen LogP contribution < -0.4 is 11.0 Å². The van der Waals surface area contributed by atoms with E-state index in [4.69, 9.17) is 18.9 Å². The number of ether oxygens (including phenoxy) is 4. The molecule has 1 amide bonds. The first kappa shape index (κ1) is 24.3. The van der Waals surface area contributed by atoms with Crippen molar-refractivity contribution < 1.29 is 37.7 Å². The molecule has 0 spiro atoms. The summed E-state index contributed by atoms with van der Waals surface area (Å²) in [6.07, 6.45) is -2.02. The molecule has 0 aliphatic carbocycles. The van der Waals surface area contributed by atoms with Gasteiger partial charge in [0.05, 0.1) is 18.9 Å². The molecule has 31 heavy (non-hydrogen) atoms. The Morgan fingerprint density at radius 1 is 1.19 bits per heavy atom. The minimum atomic E-state index is -1.30. The Balaban J connectivity index is 2.22. The van der Waals surface area contributed by atoms with Crippen molar-refractivity contribution in [3.8, 4) is 0 Å². The van der Waals surface area contributed by atoms with Crippen LogP contribution in [-0.2, 0) is 28.5 Å². The van der Waals surface area contributed by atoms with E-state index in [2.05, 4.69) is 10.3 Å². The Bertz CT molecular complexity index is 874. The van der Waals surface area contributed by atoms with Gasteiger partial charge in [-0.3, -0.25) is 19.5 Å². The second-order valence-electron chi connectivity index (χ2n) is 6.98. The molecule has 1 fully saturated rings. The highest BCUT2D eigenvalue weighted by Gasteiger charge is 2.48. The van der Waals surface area contributed by atoms with Gasteiger partial charge in [0.15, 0.2) is 30.1 Å². The molecule has 1 aromatic rings. The maximum absolute atomic E-state index is 14.5. The van der Waals surface area contributed by atoms with E-state index in [-0.39, 0.29) is 6.61 Å². The van der Waals surface area contributed by atoms with Gasteiger partial charge in [0.2, 0.25) is 0 Å². The van der Waals surface area contributed by atoms with Gasteiger partial charge in [0, 0.05) is 13.8 Å². The molecule has 2 heterocycles. The molecule has 12 heteroatoms. The topological polar surface area (TPSA) is 135 Å². The number of amides is 1. The average Bonchev–Trinajstić information content (AvgIpc) is 2.96. The molecule has 0 unspecified atom stereocenters. The zero-order valence-electron chi connectivity index (χ0n) is 17.8. The fraction of sp³-hybridized carbons (Fsp3) is 0.632. The number of nitrogens with one attached hydrogen (secondary N) is 1. The highest BCUT2D eigenvalue weighted by atomic mass is 19.1. The normalized spacial score (nSPS) is 22.6. The molecule has 11 nitrogen and oxygen atoms in total. The average molecular weight is 443 g/mol. The lowest BCUT2D eigenvalue weighted by Gasteiger charge is -2.23. The van der Waals surface area contributed by atoms with Gasteiger partial charge in [-0.05, 0) is 13.3 Å². The second kappa shape index (κ2) is 10.8. The van der Waals surface area contributed by atoms with E-state index in [1.54, 1.807) is 6.92 Å². The number of aromatic nitrogens is 2. The van der Waals surface area contributed by atoms with Gasteiger partial charge in [-0.15, -0.1) is 0 Å². The standard InChI is InChI=1S/C19H26FN3O8/c1-5-6-7-8-28-19(27)22-16-13(20)9-23(18(26)21-16)17-15(31-12(4)25)14(10(2)29-17)30-11(3)24/h9-10,14-15,17H,5-8H2,1-4H3,(H,21,22,26,27)/t10-,14+,15+,17-/m1/s1.